The van der Waals surface area contributed by atoms with E-state index in [1.165, 1.54) is 5.56 Å². The van der Waals surface area contributed by atoms with Gasteiger partial charge in [-0.3, -0.25) is 9.79 Å². The number of hydrogen-bond donors (Lipinski definition) is 3. The summed E-state index contributed by atoms with van der Waals surface area (Å²) in [5, 5.41) is 9.64. The summed E-state index contributed by atoms with van der Waals surface area (Å²) in [6.45, 7) is 6.80. The van der Waals surface area contributed by atoms with Gasteiger partial charge in [0.1, 0.15) is 12.4 Å². The van der Waals surface area contributed by atoms with Gasteiger partial charge >= 0.3 is 0 Å². The molecule has 6 nitrogen and oxygen atoms in total. The minimum atomic E-state index is -0.203. The Hall–Kier alpha value is -2.73. The van der Waals surface area contributed by atoms with Crippen molar-refractivity contribution in [2.24, 2.45) is 4.99 Å². The van der Waals surface area contributed by atoms with Crippen molar-refractivity contribution in [2.45, 2.75) is 13.8 Å². The maximum Gasteiger partial charge on any atom is 0.252 e. The van der Waals surface area contributed by atoms with Crippen LogP contribution in [0.2, 0.25) is 5.02 Å². The van der Waals surface area contributed by atoms with Crippen molar-refractivity contribution in [2.75, 3.05) is 32.8 Å². The van der Waals surface area contributed by atoms with Crippen LogP contribution in [0.25, 0.3) is 0 Å². The van der Waals surface area contributed by atoms with Crippen LogP contribution in [-0.2, 0) is 0 Å². The van der Waals surface area contributed by atoms with Gasteiger partial charge in [-0.25, -0.2) is 0 Å². The van der Waals surface area contributed by atoms with E-state index in [4.69, 9.17) is 16.3 Å². The zero-order valence-electron chi connectivity index (χ0n) is 16.3. The van der Waals surface area contributed by atoms with Gasteiger partial charge in [-0.15, -0.1) is 0 Å². The van der Waals surface area contributed by atoms with Crippen molar-refractivity contribution in [3.63, 3.8) is 0 Å². The number of nitrogens with zero attached hydrogens (tertiary/aromatic N) is 1. The molecular weight excluding hydrogens is 376 g/mol. The van der Waals surface area contributed by atoms with Crippen LogP contribution in [0.1, 0.15) is 22.8 Å². The molecule has 28 heavy (non-hydrogen) atoms. The maximum absolute atomic E-state index is 12.1. The number of nitrogens with one attached hydrogen (secondary N) is 3. The number of ether oxygens (including phenoxy) is 1. The summed E-state index contributed by atoms with van der Waals surface area (Å²) in [5.41, 5.74) is 1.67. The van der Waals surface area contributed by atoms with Crippen LogP contribution in [0.3, 0.4) is 0 Å². The van der Waals surface area contributed by atoms with Crippen LogP contribution in [0, 0.1) is 6.92 Å². The second kappa shape index (κ2) is 11.9. The van der Waals surface area contributed by atoms with Crippen molar-refractivity contribution in [3.05, 3.63) is 64.7 Å². The van der Waals surface area contributed by atoms with E-state index < -0.39 is 0 Å². The van der Waals surface area contributed by atoms with Gasteiger partial charge in [0.15, 0.2) is 5.96 Å². The Kier molecular flexibility index (Phi) is 9.15. The summed E-state index contributed by atoms with van der Waals surface area (Å²) < 4.78 is 5.69. The summed E-state index contributed by atoms with van der Waals surface area (Å²) >= 11 is 6.03. The number of amides is 1. The molecule has 0 unspecified atom stereocenters. The number of hydrogen-bond acceptors (Lipinski definition) is 3. The fraction of sp³-hybridized carbons (Fsp3) is 0.333. The normalized spacial score (nSPS) is 11.0. The number of aliphatic imine (C=N–C) groups is 1. The standard InChI is InChI=1S/C21H27ClN4O2/c1-3-23-21(26-14-15-28-17-10-8-16(2)9-11-17)25-13-12-24-20(27)18-6-4-5-7-19(18)22/h4-11H,3,12-15H2,1-2H3,(H,24,27)(H2,23,25,26). The van der Waals surface area contributed by atoms with Crippen LogP contribution < -0.4 is 20.7 Å². The van der Waals surface area contributed by atoms with Crippen molar-refractivity contribution in [1.82, 2.24) is 16.0 Å². The highest BCUT2D eigenvalue weighted by Gasteiger charge is 2.08. The first-order valence-electron chi connectivity index (χ1n) is 9.34. The zero-order valence-corrected chi connectivity index (χ0v) is 17.1. The van der Waals surface area contributed by atoms with E-state index in [1.54, 1.807) is 24.3 Å². The van der Waals surface area contributed by atoms with Gasteiger partial charge in [0.25, 0.3) is 5.91 Å². The molecule has 0 fully saturated rings. The highest BCUT2D eigenvalue weighted by molar-refractivity contribution is 6.33. The van der Waals surface area contributed by atoms with E-state index in [9.17, 15) is 4.79 Å². The largest absolute Gasteiger partial charge is 0.492 e. The van der Waals surface area contributed by atoms with E-state index in [0.29, 0.717) is 42.8 Å². The lowest BCUT2D eigenvalue weighted by molar-refractivity contribution is 0.0955. The third-order valence-electron chi connectivity index (χ3n) is 3.81. The lowest BCUT2D eigenvalue weighted by atomic mass is 10.2. The quantitative estimate of drug-likeness (QED) is 0.342. The Morgan fingerprint density at radius 1 is 1.04 bits per heavy atom. The number of carbonyl (C=O) groups excluding carboxylic acids is 1. The molecule has 7 heteroatoms. The number of aryl methyl sites for hydroxylation is 1. The average Bonchev–Trinajstić information content (AvgIpc) is 2.70. The van der Waals surface area contributed by atoms with E-state index >= 15 is 0 Å². The Balaban J connectivity index is 1.71. The second-order valence-corrected chi connectivity index (χ2v) is 6.49. The lowest BCUT2D eigenvalue weighted by Gasteiger charge is -2.12. The Morgan fingerprint density at radius 3 is 2.50 bits per heavy atom. The van der Waals surface area contributed by atoms with E-state index in [2.05, 4.69) is 20.9 Å². The molecule has 2 rings (SSSR count). The first-order chi connectivity index (χ1) is 13.6. The van der Waals surface area contributed by atoms with E-state index in [0.717, 1.165) is 12.3 Å². The van der Waals surface area contributed by atoms with E-state index in [-0.39, 0.29) is 5.91 Å². The summed E-state index contributed by atoms with van der Waals surface area (Å²) in [5.74, 6) is 1.32. The molecule has 150 valence electrons. The van der Waals surface area contributed by atoms with Crippen LogP contribution in [0.15, 0.2) is 53.5 Å². The van der Waals surface area contributed by atoms with Crippen LogP contribution in [0.5, 0.6) is 5.75 Å². The van der Waals surface area contributed by atoms with Gasteiger partial charge in [0.2, 0.25) is 0 Å². The minimum Gasteiger partial charge on any atom is -0.492 e. The summed E-state index contributed by atoms with van der Waals surface area (Å²) in [4.78, 5) is 16.6. The number of rotatable bonds is 9. The molecule has 0 aromatic heterocycles. The Bertz CT molecular complexity index is 778. The fourth-order valence-corrected chi connectivity index (χ4v) is 2.61. The minimum absolute atomic E-state index is 0.203. The molecule has 0 spiro atoms. The molecule has 0 heterocycles. The van der Waals surface area contributed by atoms with Gasteiger partial charge in [0, 0.05) is 13.1 Å². The van der Waals surface area contributed by atoms with Crippen molar-refractivity contribution < 1.29 is 9.53 Å². The summed E-state index contributed by atoms with van der Waals surface area (Å²) in [6, 6.07) is 14.9. The maximum atomic E-state index is 12.1. The molecule has 0 saturated heterocycles. The Labute approximate surface area is 171 Å². The number of benzene rings is 2. The van der Waals surface area contributed by atoms with E-state index in [1.807, 2.05) is 38.1 Å². The van der Waals surface area contributed by atoms with Gasteiger partial charge in [-0.05, 0) is 38.1 Å². The fourth-order valence-electron chi connectivity index (χ4n) is 2.39. The molecular formula is C21H27ClN4O2. The predicted molar refractivity (Wildman–Crippen MR) is 114 cm³/mol. The summed E-state index contributed by atoms with van der Waals surface area (Å²) in [7, 11) is 0. The SMILES string of the molecule is CCNC(=NCCNC(=O)c1ccccc1Cl)NCCOc1ccc(C)cc1. The molecule has 3 N–H and O–H groups in total. The number of carbonyl (C=O) groups is 1. The Morgan fingerprint density at radius 2 is 1.79 bits per heavy atom. The third-order valence-corrected chi connectivity index (χ3v) is 4.14. The molecule has 0 atom stereocenters. The molecule has 1 amide bonds. The highest BCUT2D eigenvalue weighted by atomic mass is 35.5. The van der Waals surface area contributed by atoms with Crippen molar-refractivity contribution >= 4 is 23.5 Å². The molecule has 0 aliphatic heterocycles. The summed E-state index contributed by atoms with van der Waals surface area (Å²) in [6.07, 6.45) is 0. The zero-order chi connectivity index (χ0) is 20.2. The molecule has 0 bridgehead atoms. The van der Waals surface area contributed by atoms with Gasteiger partial charge < -0.3 is 20.7 Å². The second-order valence-electron chi connectivity index (χ2n) is 6.08. The average molecular weight is 403 g/mol. The monoisotopic (exact) mass is 402 g/mol. The van der Waals surface area contributed by atoms with Crippen LogP contribution in [0.4, 0.5) is 0 Å². The van der Waals surface area contributed by atoms with Gasteiger partial charge in [0.05, 0.1) is 23.7 Å². The highest BCUT2D eigenvalue weighted by Crippen LogP contribution is 2.14. The number of halogens is 1. The predicted octanol–water partition coefficient (Wildman–Crippen LogP) is 3.01. The molecule has 0 aliphatic carbocycles. The molecule has 2 aromatic carbocycles. The van der Waals surface area contributed by atoms with Gasteiger partial charge in [-0.2, -0.15) is 0 Å². The van der Waals surface area contributed by atoms with Crippen molar-refractivity contribution in [1.29, 1.82) is 0 Å². The topological polar surface area (TPSA) is 74.8 Å². The molecule has 0 saturated carbocycles. The smallest absolute Gasteiger partial charge is 0.252 e. The first-order valence-corrected chi connectivity index (χ1v) is 9.72. The molecule has 0 aliphatic rings. The molecule has 2 aromatic rings. The third kappa shape index (κ3) is 7.48. The molecule has 0 radical (unpaired) electrons. The lowest BCUT2D eigenvalue weighted by Crippen LogP contribution is -2.40. The van der Waals surface area contributed by atoms with Crippen LogP contribution in [-0.4, -0.2) is 44.7 Å². The van der Waals surface area contributed by atoms with Crippen molar-refractivity contribution in [3.8, 4) is 5.75 Å². The first kappa shape index (κ1) is 21.6. The number of guanidine groups is 1. The van der Waals surface area contributed by atoms with Gasteiger partial charge in [-0.1, -0.05) is 41.4 Å². The van der Waals surface area contributed by atoms with Crippen LogP contribution >= 0.6 is 11.6 Å².